The molecule has 1 aromatic carbocycles. The van der Waals surface area contributed by atoms with Gasteiger partial charge in [0.2, 0.25) is 0 Å². The Kier molecular flexibility index (Phi) is 5.85. The molecule has 0 saturated carbocycles. The molecular formula is C19H24N4O2. The number of urea groups is 1. The zero-order valence-corrected chi connectivity index (χ0v) is 14.4. The standard InChI is InChI=1S/C19H24N4O2/c1-23-13-3-4-16(23)10-12-21-19(24)22-15-6-8-17(9-7-15)25-18-5-2-11-20-14-18/h2,5-9,11,14,16H,3-4,10,12-13H2,1H3,(H2,21,22,24). The Hall–Kier alpha value is -2.60. The maximum Gasteiger partial charge on any atom is 0.319 e. The zero-order chi connectivity index (χ0) is 17.5. The molecule has 1 unspecified atom stereocenters. The van der Waals surface area contributed by atoms with Crippen LogP contribution >= 0.6 is 0 Å². The van der Waals surface area contributed by atoms with Gasteiger partial charge in [-0.25, -0.2) is 4.79 Å². The van der Waals surface area contributed by atoms with Crippen molar-refractivity contribution in [2.45, 2.75) is 25.3 Å². The lowest BCUT2D eigenvalue weighted by Crippen LogP contribution is -2.34. The first-order valence-corrected chi connectivity index (χ1v) is 8.64. The van der Waals surface area contributed by atoms with E-state index in [4.69, 9.17) is 4.74 Å². The maximum atomic E-state index is 12.0. The molecule has 6 heteroatoms. The molecule has 1 atom stereocenters. The first kappa shape index (κ1) is 17.2. The average molecular weight is 340 g/mol. The molecule has 1 aliphatic heterocycles. The molecule has 1 fully saturated rings. The van der Waals surface area contributed by atoms with Crippen molar-refractivity contribution in [2.24, 2.45) is 0 Å². The van der Waals surface area contributed by atoms with Crippen molar-refractivity contribution >= 4 is 11.7 Å². The molecule has 3 rings (SSSR count). The summed E-state index contributed by atoms with van der Waals surface area (Å²) < 4.78 is 5.67. The smallest absolute Gasteiger partial charge is 0.319 e. The second-order valence-corrected chi connectivity index (χ2v) is 6.26. The summed E-state index contributed by atoms with van der Waals surface area (Å²) in [6.07, 6.45) is 6.81. The van der Waals surface area contributed by atoms with Crippen LogP contribution in [0.5, 0.6) is 11.5 Å². The lowest BCUT2D eigenvalue weighted by molar-refractivity contribution is 0.248. The van der Waals surface area contributed by atoms with Gasteiger partial charge >= 0.3 is 6.03 Å². The summed E-state index contributed by atoms with van der Waals surface area (Å²) in [5.74, 6) is 1.38. The second-order valence-electron chi connectivity index (χ2n) is 6.26. The average Bonchev–Trinajstić information content (AvgIpc) is 3.03. The molecule has 2 N–H and O–H groups in total. The Balaban J connectivity index is 1.42. The van der Waals surface area contributed by atoms with Crippen LogP contribution in [0.15, 0.2) is 48.8 Å². The van der Waals surface area contributed by atoms with Gasteiger partial charge in [0.05, 0.1) is 6.20 Å². The van der Waals surface area contributed by atoms with E-state index in [0.717, 1.165) is 18.7 Å². The number of likely N-dealkylation sites (tertiary alicyclic amines) is 1. The third kappa shape index (κ3) is 5.19. The van der Waals surface area contributed by atoms with E-state index in [1.54, 1.807) is 12.4 Å². The third-order valence-electron chi connectivity index (χ3n) is 4.42. The van der Waals surface area contributed by atoms with Gasteiger partial charge in [-0.3, -0.25) is 4.98 Å². The fourth-order valence-electron chi connectivity index (χ4n) is 3.02. The highest BCUT2D eigenvalue weighted by Crippen LogP contribution is 2.22. The number of carbonyl (C=O) groups is 1. The minimum absolute atomic E-state index is 0.179. The molecule has 1 aliphatic rings. The molecule has 25 heavy (non-hydrogen) atoms. The lowest BCUT2D eigenvalue weighted by Gasteiger charge is -2.19. The highest BCUT2D eigenvalue weighted by Gasteiger charge is 2.20. The van der Waals surface area contributed by atoms with Crippen molar-refractivity contribution in [1.82, 2.24) is 15.2 Å². The van der Waals surface area contributed by atoms with E-state index in [1.807, 2.05) is 36.4 Å². The number of anilines is 1. The first-order valence-electron chi connectivity index (χ1n) is 8.64. The number of amides is 2. The maximum absolute atomic E-state index is 12.0. The van der Waals surface area contributed by atoms with Gasteiger partial charge in [-0.15, -0.1) is 0 Å². The van der Waals surface area contributed by atoms with Gasteiger partial charge in [0, 0.05) is 24.5 Å². The first-order chi connectivity index (χ1) is 12.2. The predicted octanol–water partition coefficient (Wildman–Crippen LogP) is 3.48. The van der Waals surface area contributed by atoms with E-state index >= 15 is 0 Å². The summed E-state index contributed by atoms with van der Waals surface area (Å²) >= 11 is 0. The van der Waals surface area contributed by atoms with Crippen molar-refractivity contribution in [1.29, 1.82) is 0 Å². The molecule has 2 amide bonds. The SMILES string of the molecule is CN1CCCC1CCNC(=O)Nc1ccc(Oc2cccnc2)cc1. The number of carbonyl (C=O) groups excluding carboxylic acids is 1. The highest BCUT2D eigenvalue weighted by atomic mass is 16.5. The van der Waals surface area contributed by atoms with E-state index < -0.39 is 0 Å². The van der Waals surface area contributed by atoms with Crippen molar-refractivity contribution in [3.05, 3.63) is 48.8 Å². The Morgan fingerprint density at radius 1 is 1.28 bits per heavy atom. The number of rotatable bonds is 6. The zero-order valence-electron chi connectivity index (χ0n) is 14.4. The normalized spacial score (nSPS) is 17.2. The summed E-state index contributed by atoms with van der Waals surface area (Å²) in [6.45, 7) is 1.84. The van der Waals surface area contributed by atoms with Crippen LogP contribution in [0, 0.1) is 0 Å². The van der Waals surface area contributed by atoms with Crippen LogP contribution in [-0.2, 0) is 0 Å². The quantitative estimate of drug-likeness (QED) is 0.845. The van der Waals surface area contributed by atoms with Crippen LogP contribution < -0.4 is 15.4 Å². The van der Waals surface area contributed by atoms with Crippen LogP contribution in [0.2, 0.25) is 0 Å². The topological polar surface area (TPSA) is 66.5 Å². The van der Waals surface area contributed by atoms with Crippen LogP contribution in [0.3, 0.4) is 0 Å². The molecule has 0 aliphatic carbocycles. The van der Waals surface area contributed by atoms with E-state index in [2.05, 4.69) is 27.6 Å². The van der Waals surface area contributed by atoms with Crippen molar-refractivity contribution < 1.29 is 9.53 Å². The van der Waals surface area contributed by atoms with Crippen LogP contribution in [-0.4, -0.2) is 42.1 Å². The van der Waals surface area contributed by atoms with Crippen LogP contribution in [0.25, 0.3) is 0 Å². The van der Waals surface area contributed by atoms with E-state index in [0.29, 0.717) is 24.1 Å². The number of hydrogen-bond donors (Lipinski definition) is 2. The van der Waals surface area contributed by atoms with Gasteiger partial charge in [0.1, 0.15) is 11.5 Å². The van der Waals surface area contributed by atoms with Gasteiger partial charge in [-0.05, 0) is 69.3 Å². The molecule has 0 spiro atoms. The number of ether oxygens (including phenoxy) is 1. The van der Waals surface area contributed by atoms with E-state index in [1.165, 1.54) is 12.8 Å². The molecule has 0 radical (unpaired) electrons. The van der Waals surface area contributed by atoms with Gasteiger partial charge in [-0.2, -0.15) is 0 Å². The molecule has 6 nitrogen and oxygen atoms in total. The minimum Gasteiger partial charge on any atom is -0.456 e. The third-order valence-corrected chi connectivity index (χ3v) is 4.42. The molecule has 132 valence electrons. The summed E-state index contributed by atoms with van der Waals surface area (Å²) in [4.78, 5) is 18.3. The summed E-state index contributed by atoms with van der Waals surface area (Å²) in [6, 6.07) is 11.3. The van der Waals surface area contributed by atoms with Crippen LogP contribution in [0.4, 0.5) is 10.5 Å². The van der Waals surface area contributed by atoms with Crippen LogP contribution in [0.1, 0.15) is 19.3 Å². The summed E-state index contributed by atoms with van der Waals surface area (Å²) in [5.41, 5.74) is 0.731. The number of pyridine rings is 1. The second kappa shape index (κ2) is 8.48. The summed E-state index contributed by atoms with van der Waals surface area (Å²) in [5, 5.41) is 5.75. The number of nitrogens with zero attached hydrogens (tertiary/aromatic N) is 2. The summed E-state index contributed by atoms with van der Waals surface area (Å²) in [7, 11) is 2.15. The Labute approximate surface area is 148 Å². The van der Waals surface area contributed by atoms with Crippen molar-refractivity contribution in [3.8, 4) is 11.5 Å². The Bertz CT molecular complexity index is 676. The largest absolute Gasteiger partial charge is 0.456 e. The monoisotopic (exact) mass is 340 g/mol. The fraction of sp³-hybridized carbons (Fsp3) is 0.368. The Morgan fingerprint density at radius 2 is 2.12 bits per heavy atom. The van der Waals surface area contributed by atoms with E-state index in [-0.39, 0.29) is 6.03 Å². The van der Waals surface area contributed by atoms with Gasteiger partial charge in [-0.1, -0.05) is 0 Å². The number of nitrogens with one attached hydrogen (secondary N) is 2. The van der Waals surface area contributed by atoms with Gasteiger partial charge < -0.3 is 20.3 Å². The molecule has 2 aromatic rings. The van der Waals surface area contributed by atoms with Gasteiger partial charge in [0.25, 0.3) is 0 Å². The fourth-order valence-corrected chi connectivity index (χ4v) is 3.02. The number of benzene rings is 1. The number of aromatic nitrogens is 1. The van der Waals surface area contributed by atoms with Crippen molar-refractivity contribution in [2.75, 3.05) is 25.5 Å². The predicted molar refractivity (Wildman–Crippen MR) is 98.0 cm³/mol. The highest BCUT2D eigenvalue weighted by molar-refractivity contribution is 5.89. The van der Waals surface area contributed by atoms with E-state index in [9.17, 15) is 4.79 Å². The number of hydrogen-bond acceptors (Lipinski definition) is 4. The molecule has 2 heterocycles. The van der Waals surface area contributed by atoms with Gasteiger partial charge in [0.15, 0.2) is 0 Å². The molecular weight excluding hydrogens is 316 g/mol. The lowest BCUT2D eigenvalue weighted by atomic mass is 10.1. The Morgan fingerprint density at radius 3 is 2.80 bits per heavy atom. The molecule has 1 aromatic heterocycles. The molecule has 1 saturated heterocycles. The molecule has 0 bridgehead atoms. The van der Waals surface area contributed by atoms with Crippen molar-refractivity contribution in [3.63, 3.8) is 0 Å². The minimum atomic E-state index is -0.179.